The van der Waals surface area contributed by atoms with Crippen LogP contribution in [0.25, 0.3) is 11.0 Å². The summed E-state index contributed by atoms with van der Waals surface area (Å²) in [6.45, 7) is 0.639. The Hall–Kier alpha value is -2.82. The van der Waals surface area contributed by atoms with Gasteiger partial charge in [0, 0.05) is 20.0 Å². The third kappa shape index (κ3) is 4.38. The Bertz CT molecular complexity index is 853. The highest BCUT2D eigenvalue weighted by molar-refractivity contribution is 5.77. The fourth-order valence-corrected chi connectivity index (χ4v) is 2.82. The molecule has 25 heavy (non-hydrogen) atoms. The van der Waals surface area contributed by atoms with E-state index in [1.807, 2.05) is 42.2 Å². The summed E-state index contributed by atoms with van der Waals surface area (Å²) in [5.41, 5.74) is 4.43. The first-order valence-electron chi connectivity index (χ1n) is 8.45. The van der Waals surface area contributed by atoms with Gasteiger partial charge in [0.1, 0.15) is 5.75 Å². The largest absolute Gasteiger partial charge is 0.497 e. The van der Waals surface area contributed by atoms with Gasteiger partial charge in [-0.3, -0.25) is 4.79 Å². The predicted molar refractivity (Wildman–Crippen MR) is 98.7 cm³/mol. The third-order valence-electron chi connectivity index (χ3n) is 4.33. The molecule has 1 N–H and O–H groups in total. The molecule has 0 atom stereocenters. The number of nitrogens with one attached hydrogen (secondary N) is 1. The number of methoxy groups -OCH3 is 1. The van der Waals surface area contributed by atoms with Crippen LogP contribution in [0.5, 0.6) is 5.75 Å². The maximum atomic E-state index is 12.0. The number of carbonyl (C=O) groups is 1. The number of fused-ring (bicyclic) bond motifs is 1. The highest BCUT2D eigenvalue weighted by atomic mass is 16.5. The van der Waals surface area contributed by atoms with Crippen molar-refractivity contribution in [3.8, 4) is 5.75 Å². The molecule has 0 bridgehead atoms. The molecule has 0 aliphatic rings. The van der Waals surface area contributed by atoms with Gasteiger partial charge >= 0.3 is 0 Å². The van der Waals surface area contributed by atoms with Crippen molar-refractivity contribution < 1.29 is 9.53 Å². The lowest BCUT2D eigenvalue weighted by molar-refractivity contribution is -0.121. The number of carbonyl (C=O) groups excluding carboxylic acids is 1. The number of hydrogen-bond acceptors (Lipinski definition) is 3. The Balaban J connectivity index is 1.43. The number of nitrogens with zero attached hydrogens (tertiary/aromatic N) is 2. The van der Waals surface area contributed by atoms with Crippen LogP contribution in [-0.2, 0) is 24.7 Å². The molecule has 3 rings (SSSR count). The topological polar surface area (TPSA) is 56.1 Å². The van der Waals surface area contributed by atoms with Crippen LogP contribution in [0, 0.1) is 0 Å². The van der Waals surface area contributed by atoms with Crippen LogP contribution in [0.15, 0.2) is 48.8 Å². The van der Waals surface area contributed by atoms with Gasteiger partial charge in [-0.2, -0.15) is 0 Å². The van der Waals surface area contributed by atoms with Crippen molar-refractivity contribution in [3.05, 3.63) is 59.9 Å². The summed E-state index contributed by atoms with van der Waals surface area (Å²) in [7, 11) is 3.63. The van der Waals surface area contributed by atoms with Crippen molar-refractivity contribution >= 4 is 16.9 Å². The number of rotatable bonds is 7. The van der Waals surface area contributed by atoms with Gasteiger partial charge in [-0.05, 0) is 48.2 Å². The second-order valence-electron chi connectivity index (χ2n) is 6.13. The summed E-state index contributed by atoms with van der Waals surface area (Å²) in [5, 5.41) is 2.99. The molecule has 130 valence electrons. The fraction of sp³-hybridized carbons (Fsp3) is 0.300. The van der Waals surface area contributed by atoms with E-state index in [2.05, 4.69) is 28.5 Å². The normalized spacial score (nSPS) is 10.8. The van der Waals surface area contributed by atoms with Crippen LogP contribution in [0.1, 0.15) is 17.5 Å². The number of benzene rings is 2. The molecule has 3 aromatic rings. The molecule has 0 spiro atoms. The Morgan fingerprint density at radius 1 is 1.12 bits per heavy atom. The molecule has 0 fully saturated rings. The Morgan fingerprint density at radius 2 is 1.88 bits per heavy atom. The number of aryl methyl sites for hydroxylation is 2. The Labute approximate surface area is 147 Å². The van der Waals surface area contributed by atoms with Gasteiger partial charge in [-0.1, -0.05) is 18.2 Å². The van der Waals surface area contributed by atoms with Gasteiger partial charge < -0.3 is 14.6 Å². The number of ether oxygens (including phenoxy) is 1. The first-order valence-corrected chi connectivity index (χ1v) is 8.45. The van der Waals surface area contributed by atoms with Crippen LogP contribution in [-0.4, -0.2) is 29.1 Å². The molecule has 0 aliphatic carbocycles. The van der Waals surface area contributed by atoms with Gasteiger partial charge in [-0.15, -0.1) is 0 Å². The SMILES string of the molecule is COc1ccc(CCC(=O)NCCc2ccc3c(c2)ncn3C)cc1. The lowest BCUT2D eigenvalue weighted by Crippen LogP contribution is -2.25. The first-order chi connectivity index (χ1) is 12.2. The fourth-order valence-electron chi connectivity index (χ4n) is 2.82. The number of aromatic nitrogens is 2. The first kappa shape index (κ1) is 17.0. The summed E-state index contributed by atoms with van der Waals surface area (Å²) in [6, 6.07) is 14.1. The van der Waals surface area contributed by atoms with Crippen molar-refractivity contribution in [2.75, 3.05) is 13.7 Å². The molecule has 5 nitrogen and oxygen atoms in total. The van der Waals surface area contributed by atoms with E-state index in [1.165, 1.54) is 5.56 Å². The zero-order chi connectivity index (χ0) is 17.6. The van der Waals surface area contributed by atoms with E-state index < -0.39 is 0 Å². The van der Waals surface area contributed by atoms with E-state index in [-0.39, 0.29) is 5.91 Å². The molecule has 0 radical (unpaired) electrons. The second kappa shape index (κ2) is 7.83. The second-order valence-corrected chi connectivity index (χ2v) is 6.13. The maximum absolute atomic E-state index is 12.0. The smallest absolute Gasteiger partial charge is 0.220 e. The average Bonchev–Trinajstić information content (AvgIpc) is 3.01. The molecule has 5 heteroatoms. The van der Waals surface area contributed by atoms with E-state index in [0.29, 0.717) is 13.0 Å². The summed E-state index contributed by atoms with van der Waals surface area (Å²) in [6.07, 6.45) is 3.84. The zero-order valence-electron chi connectivity index (χ0n) is 14.7. The van der Waals surface area contributed by atoms with E-state index in [4.69, 9.17) is 4.74 Å². The summed E-state index contributed by atoms with van der Waals surface area (Å²) in [4.78, 5) is 16.4. The Morgan fingerprint density at radius 3 is 2.64 bits per heavy atom. The van der Waals surface area contributed by atoms with Gasteiger partial charge in [0.15, 0.2) is 0 Å². The number of imidazole rings is 1. The van der Waals surface area contributed by atoms with E-state index >= 15 is 0 Å². The van der Waals surface area contributed by atoms with Crippen molar-refractivity contribution in [1.29, 1.82) is 0 Å². The minimum absolute atomic E-state index is 0.0785. The van der Waals surface area contributed by atoms with Gasteiger partial charge in [0.05, 0.1) is 24.5 Å². The predicted octanol–water partition coefficient (Wildman–Crippen LogP) is 2.87. The Kier molecular flexibility index (Phi) is 5.33. The summed E-state index contributed by atoms with van der Waals surface area (Å²) in [5.74, 6) is 0.910. The lowest BCUT2D eigenvalue weighted by Gasteiger charge is -2.06. The number of hydrogen-bond donors (Lipinski definition) is 1. The van der Waals surface area contributed by atoms with Gasteiger partial charge in [0.25, 0.3) is 0 Å². The van der Waals surface area contributed by atoms with Crippen molar-refractivity contribution in [2.24, 2.45) is 7.05 Å². The molecule has 1 aromatic heterocycles. The van der Waals surface area contributed by atoms with Crippen molar-refractivity contribution in [2.45, 2.75) is 19.3 Å². The standard InChI is InChI=1S/C20H23N3O2/c1-23-14-22-18-13-16(5-9-19(18)23)11-12-21-20(24)10-6-15-3-7-17(25-2)8-4-15/h3-5,7-9,13-14H,6,10-12H2,1-2H3,(H,21,24). The molecule has 0 saturated heterocycles. The molecular weight excluding hydrogens is 314 g/mol. The van der Waals surface area contributed by atoms with Crippen LogP contribution in [0.3, 0.4) is 0 Å². The van der Waals surface area contributed by atoms with Crippen LogP contribution >= 0.6 is 0 Å². The monoisotopic (exact) mass is 337 g/mol. The van der Waals surface area contributed by atoms with Crippen molar-refractivity contribution in [1.82, 2.24) is 14.9 Å². The van der Waals surface area contributed by atoms with Crippen molar-refractivity contribution in [3.63, 3.8) is 0 Å². The summed E-state index contributed by atoms with van der Waals surface area (Å²) < 4.78 is 7.13. The number of amides is 1. The van der Waals surface area contributed by atoms with Gasteiger partial charge in [0.2, 0.25) is 5.91 Å². The van der Waals surface area contributed by atoms with E-state index in [0.717, 1.165) is 35.2 Å². The van der Waals surface area contributed by atoms with E-state index in [1.54, 1.807) is 7.11 Å². The average molecular weight is 337 g/mol. The highest BCUT2D eigenvalue weighted by Crippen LogP contribution is 2.14. The molecule has 0 aliphatic heterocycles. The third-order valence-corrected chi connectivity index (χ3v) is 4.33. The van der Waals surface area contributed by atoms with E-state index in [9.17, 15) is 4.79 Å². The molecule has 1 heterocycles. The maximum Gasteiger partial charge on any atom is 0.220 e. The van der Waals surface area contributed by atoms with Gasteiger partial charge in [-0.25, -0.2) is 4.98 Å². The minimum atomic E-state index is 0.0785. The molecule has 1 amide bonds. The quantitative estimate of drug-likeness (QED) is 0.721. The highest BCUT2D eigenvalue weighted by Gasteiger charge is 2.04. The van der Waals surface area contributed by atoms with Crippen LogP contribution in [0.2, 0.25) is 0 Å². The molecule has 2 aromatic carbocycles. The summed E-state index contributed by atoms with van der Waals surface area (Å²) >= 11 is 0. The molecular formula is C20H23N3O2. The minimum Gasteiger partial charge on any atom is -0.497 e. The zero-order valence-corrected chi connectivity index (χ0v) is 14.7. The van der Waals surface area contributed by atoms with Crippen LogP contribution in [0.4, 0.5) is 0 Å². The molecule has 0 unspecified atom stereocenters. The lowest BCUT2D eigenvalue weighted by atomic mass is 10.1. The molecule has 0 saturated carbocycles. The van der Waals surface area contributed by atoms with Crippen LogP contribution < -0.4 is 10.1 Å².